The molecule has 0 saturated heterocycles. The molecule has 0 bridgehead atoms. The van der Waals surface area contributed by atoms with Crippen molar-refractivity contribution in [2.75, 3.05) is 6.61 Å². The van der Waals surface area contributed by atoms with Crippen LogP contribution in [0.25, 0.3) is 0 Å². The second-order valence-corrected chi connectivity index (χ2v) is 4.51. The zero-order valence-electron chi connectivity index (χ0n) is 11.6. The maximum atomic E-state index is 8.67. The number of aliphatic hydroxyl groups excluding tert-OH is 1. The van der Waals surface area contributed by atoms with Crippen molar-refractivity contribution in [2.45, 2.75) is 20.0 Å². The van der Waals surface area contributed by atoms with E-state index in [9.17, 15) is 0 Å². The van der Waals surface area contributed by atoms with Crippen LogP contribution in [0.4, 0.5) is 0 Å². The van der Waals surface area contributed by atoms with Gasteiger partial charge in [0.05, 0.1) is 6.61 Å². The van der Waals surface area contributed by atoms with E-state index in [0.29, 0.717) is 13.0 Å². The smallest absolute Gasteiger partial charge is 0.119 e. The molecular formula is C18H18O2. The minimum absolute atomic E-state index is 0.102. The normalized spacial score (nSPS) is 9.70. The summed E-state index contributed by atoms with van der Waals surface area (Å²) in [6.45, 7) is 2.76. The lowest BCUT2D eigenvalue weighted by Gasteiger charge is -2.08. The average Bonchev–Trinajstić information content (AvgIpc) is 2.48. The van der Waals surface area contributed by atoms with Gasteiger partial charge in [-0.3, -0.25) is 0 Å². The molecule has 0 spiro atoms. The molecule has 1 N–H and O–H groups in total. The van der Waals surface area contributed by atoms with E-state index in [1.807, 2.05) is 36.4 Å². The van der Waals surface area contributed by atoms with Gasteiger partial charge in [0.25, 0.3) is 0 Å². The van der Waals surface area contributed by atoms with Crippen LogP contribution >= 0.6 is 0 Å². The summed E-state index contributed by atoms with van der Waals surface area (Å²) in [5.74, 6) is 6.72. The van der Waals surface area contributed by atoms with Gasteiger partial charge in [-0.1, -0.05) is 36.1 Å². The molecule has 2 heteroatoms. The fourth-order valence-electron chi connectivity index (χ4n) is 1.79. The lowest BCUT2D eigenvalue weighted by Crippen LogP contribution is -1.97. The highest BCUT2D eigenvalue weighted by atomic mass is 16.5. The Kier molecular flexibility index (Phi) is 5.23. The van der Waals surface area contributed by atoms with Crippen molar-refractivity contribution >= 4 is 0 Å². The average molecular weight is 266 g/mol. The first-order valence-electron chi connectivity index (χ1n) is 6.66. The van der Waals surface area contributed by atoms with Gasteiger partial charge in [-0.25, -0.2) is 0 Å². The quantitative estimate of drug-likeness (QED) is 0.860. The number of ether oxygens (including phenoxy) is 1. The van der Waals surface area contributed by atoms with Crippen LogP contribution in [0.15, 0.2) is 48.5 Å². The van der Waals surface area contributed by atoms with Crippen LogP contribution < -0.4 is 4.74 Å². The first-order chi connectivity index (χ1) is 9.79. The highest BCUT2D eigenvalue weighted by Gasteiger charge is 1.98. The van der Waals surface area contributed by atoms with Crippen LogP contribution in [0.5, 0.6) is 5.75 Å². The SMILES string of the molecule is Cc1ccccc1COc1ccc(C#CCCO)cc1. The summed E-state index contributed by atoms with van der Waals surface area (Å²) in [6, 6.07) is 15.9. The van der Waals surface area contributed by atoms with Crippen molar-refractivity contribution in [3.63, 3.8) is 0 Å². The number of hydrogen-bond acceptors (Lipinski definition) is 2. The van der Waals surface area contributed by atoms with Gasteiger partial charge < -0.3 is 9.84 Å². The maximum absolute atomic E-state index is 8.67. The molecule has 0 aromatic heterocycles. The fraction of sp³-hybridized carbons (Fsp3) is 0.222. The van der Waals surface area contributed by atoms with E-state index in [-0.39, 0.29) is 6.61 Å². The van der Waals surface area contributed by atoms with Crippen molar-refractivity contribution in [1.82, 2.24) is 0 Å². The van der Waals surface area contributed by atoms with E-state index in [0.717, 1.165) is 11.3 Å². The summed E-state index contributed by atoms with van der Waals surface area (Å²) in [5.41, 5.74) is 3.36. The van der Waals surface area contributed by atoms with Crippen LogP contribution in [-0.4, -0.2) is 11.7 Å². The van der Waals surface area contributed by atoms with Gasteiger partial charge in [-0.05, 0) is 42.3 Å². The van der Waals surface area contributed by atoms with E-state index < -0.39 is 0 Å². The second-order valence-electron chi connectivity index (χ2n) is 4.51. The Hall–Kier alpha value is -2.24. The summed E-state index contributed by atoms with van der Waals surface area (Å²) < 4.78 is 5.77. The monoisotopic (exact) mass is 266 g/mol. The van der Waals surface area contributed by atoms with Gasteiger partial charge >= 0.3 is 0 Å². The van der Waals surface area contributed by atoms with Gasteiger partial charge in [0.2, 0.25) is 0 Å². The van der Waals surface area contributed by atoms with Gasteiger partial charge in [0.1, 0.15) is 12.4 Å². The van der Waals surface area contributed by atoms with E-state index >= 15 is 0 Å². The van der Waals surface area contributed by atoms with E-state index in [4.69, 9.17) is 9.84 Å². The molecule has 0 aliphatic heterocycles. The third-order valence-electron chi connectivity index (χ3n) is 2.98. The molecule has 0 fully saturated rings. The first-order valence-corrected chi connectivity index (χ1v) is 6.66. The number of hydrogen-bond donors (Lipinski definition) is 1. The Morgan fingerprint density at radius 2 is 1.80 bits per heavy atom. The highest BCUT2D eigenvalue weighted by Crippen LogP contribution is 2.15. The summed E-state index contributed by atoms with van der Waals surface area (Å²) in [7, 11) is 0. The Labute approximate surface area is 120 Å². The topological polar surface area (TPSA) is 29.5 Å². The molecule has 20 heavy (non-hydrogen) atoms. The first kappa shape index (κ1) is 14.2. The predicted molar refractivity (Wildman–Crippen MR) is 80.5 cm³/mol. The summed E-state index contributed by atoms with van der Waals surface area (Å²) in [6.07, 6.45) is 0.505. The van der Waals surface area contributed by atoms with Crippen LogP contribution in [0.2, 0.25) is 0 Å². The molecule has 2 aromatic carbocycles. The molecule has 0 unspecified atom stereocenters. The molecule has 0 aliphatic rings. The third kappa shape index (κ3) is 4.15. The number of benzene rings is 2. The standard InChI is InChI=1S/C18H18O2/c1-15-6-2-3-8-17(15)14-20-18-11-9-16(10-12-18)7-4-5-13-19/h2-3,6,8-12,19H,5,13-14H2,1H3. The predicted octanol–water partition coefficient (Wildman–Crippen LogP) is 3.31. The molecule has 0 atom stereocenters. The summed E-state index contributed by atoms with van der Waals surface area (Å²) in [5, 5.41) is 8.67. The lowest BCUT2D eigenvalue weighted by molar-refractivity contribution is 0.305. The summed E-state index contributed by atoms with van der Waals surface area (Å²) >= 11 is 0. The van der Waals surface area contributed by atoms with E-state index in [1.165, 1.54) is 11.1 Å². The minimum atomic E-state index is 0.102. The second kappa shape index (κ2) is 7.37. The molecule has 0 radical (unpaired) electrons. The number of aliphatic hydroxyl groups is 1. The van der Waals surface area contributed by atoms with Crippen LogP contribution in [0, 0.1) is 18.8 Å². The molecular weight excluding hydrogens is 248 g/mol. The van der Waals surface area contributed by atoms with Crippen LogP contribution in [0.3, 0.4) is 0 Å². The molecule has 102 valence electrons. The molecule has 2 rings (SSSR count). The van der Waals surface area contributed by atoms with Gasteiger partial charge in [0, 0.05) is 12.0 Å². The van der Waals surface area contributed by atoms with Crippen molar-refractivity contribution in [3.05, 3.63) is 65.2 Å². The Bertz CT molecular complexity index is 603. The van der Waals surface area contributed by atoms with E-state index in [1.54, 1.807) is 0 Å². The Morgan fingerprint density at radius 1 is 1.05 bits per heavy atom. The molecule has 2 nitrogen and oxygen atoms in total. The lowest BCUT2D eigenvalue weighted by atomic mass is 10.1. The van der Waals surface area contributed by atoms with Gasteiger partial charge in [-0.15, -0.1) is 0 Å². The molecule has 0 aliphatic carbocycles. The van der Waals surface area contributed by atoms with Gasteiger partial charge in [-0.2, -0.15) is 0 Å². The van der Waals surface area contributed by atoms with Gasteiger partial charge in [0.15, 0.2) is 0 Å². The number of aryl methyl sites for hydroxylation is 1. The molecule has 0 heterocycles. The molecule has 2 aromatic rings. The van der Waals surface area contributed by atoms with Crippen LogP contribution in [0.1, 0.15) is 23.1 Å². The third-order valence-corrected chi connectivity index (χ3v) is 2.98. The highest BCUT2D eigenvalue weighted by molar-refractivity contribution is 5.38. The molecule has 0 amide bonds. The van der Waals surface area contributed by atoms with Crippen molar-refractivity contribution in [3.8, 4) is 17.6 Å². The Balaban J connectivity index is 1.95. The van der Waals surface area contributed by atoms with Crippen molar-refractivity contribution in [2.24, 2.45) is 0 Å². The maximum Gasteiger partial charge on any atom is 0.119 e. The zero-order valence-corrected chi connectivity index (χ0v) is 11.6. The van der Waals surface area contributed by atoms with Crippen molar-refractivity contribution < 1.29 is 9.84 Å². The Morgan fingerprint density at radius 3 is 2.50 bits per heavy atom. The van der Waals surface area contributed by atoms with Crippen molar-refractivity contribution in [1.29, 1.82) is 0 Å². The van der Waals surface area contributed by atoms with E-state index in [2.05, 4.69) is 30.9 Å². The van der Waals surface area contributed by atoms with Crippen LogP contribution in [-0.2, 0) is 6.61 Å². The fourth-order valence-corrected chi connectivity index (χ4v) is 1.79. The molecule has 0 saturated carbocycles. The zero-order chi connectivity index (χ0) is 14.2. The minimum Gasteiger partial charge on any atom is -0.489 e. The number of rotatable bonds is 4. The largest absolute Gasteiger partial charge is 0.489 e. The summed E-state index contributed by atoms with van der Waals surface area (Å²) in [4.78, 5) is 0.